The van der Waals surface area contributed by atoms with Gasteiger partial charge in [0.25, 0.3) is 5.91 Å². The molecule has 4 unspecified atom stereocenters. The van der Waals surface area contributed by atoms with Gasteiger partial charge in [-0.15, -0.1) is 0 Å². The van der Waals surface area contributed by atoms with E-state index < -0.39 is 23.4 Å². The van der Waals surface area contributed by atoms with E-state index >= 15 is 0 Å². The fourth-order valence-electron chi connectivity index (χ4n) is 4.20. The average Bonchev–Trinajstić information content (AvgIpc) is 2.89. The van der Waals surface area contributed by atoms with E-state index in [9.17, 15) is 19.2 Å². The van der Waals surface area contributed by atoms with Crippen molar-refractivity contribution in [2.45, 2.75) is 51.6 Å². The Hall–Kier alpha value is -2.90. The third-order valence-electron chi connectivity index (χ3n) is 6.35. The molecule has 29 heavy (non-hydrogen) atoms. The van der Waals surface area contributed by atoms with Gasteiger partial charge in [0, 0.05) is 11.6 Å². The molecule has 1 aromatic rings. The van der Waals surface area contributed by atoms with Crippen LogP contribution >= 0.6 is 0 Å². The largest absolute Gasteiger partial charge is 0.366 e. The van der Waals surface area contributed by atoms with E-state index in [1.165, 1.54) is 12.1 Å². The number of primary amides is 1. The molecule has 1 aliphatic carbocycles. The molecule has 156 valence electrons. The van der Waals surface area contributed by atoms with Crippen molar-refractivity contribution in [1.29, 1.82) is 0 Å². The second kappa shape index (κ2) is 7.85. The Labute approximate surface area is 170 Å². The molecule has 1 aromatic carbocycles. The lowest BCUT2D eigenvalue weighted by atomic mass is 9.78. The van der Waals surface area contributed by atoms with Crippen LogP contribution in [0.15, 0.2) is 24.3 Å². The summed E-state index contributed by atoms with van der Waals surface area (Å²) in [4.78, 5) is 50.4. The minimum absolute atomic E-state index is 0.0469. The number of benzene rings is 1. The molecule has 3 rings (SSSR count). The molecule has 2 aliphatic rings. The monoisotopic (exact) mass is 400 g/mol. The van der Waals surface area contributed by atoms with Crippen molar-refractivity contribution in [3.63, 3.8) is 0 Å². The highest BCUT2D eigenvalue weighted by molar-refractivity contribution is 6.09. The van der Waals surface area contributed by atoms with Crippen LogP contribution in [0.25, 0.3) is 0 Å². The molecule has 5 amide bonds. The highest BCUT2D eigenvalue weighted by Crippen LogP contribution is 2.31. The van der Waals surface area contributed by atoms with Gasteiger partial charge < -0.3 is 16.4 Å². The zero-order chi connectivity index (χ0) is 21.3. The number of nitrogens with two attached hydrogens (primary N) is 1. The van der Waals surface area contributed by atoms with Crippen molar-refractivity contribution in [3.8, 4) is 0 Å². The number of rotatable bonds is 5. The van der Waals surface area contributed by atoms with Gasteiger partial charge in [0.15, 0.2) is 0 Å². The summed E-state index contributed by atoms with van der Waals surface area (Å²) in [6.45, 7) is 5.50. The first-order valence-electron chi connectivity index (χ1n) is 9.97. The Morgan fingerprint density at radius 1 is 1.28 bits per heavy atom. The van der Waals surface area contributed by atoms with E-state index in [1.54, 1.807) is 19.1 Å². The topological polar surface area (TPSA) is 122 Å². The number of nitrogens with zero attached hydrogens (tertiary/aromatic N) is 1. The zero-order valence-electron chi connectivity index (χ0n) is 17.0. The van der Waals surface area contributed by atoms with E-state index in [4.69, 9.17) is 5.73 Å². The molecule has 8 nitrogen and oxygen atoms in total. The van der Waals surface area contributed by atoms with Crippen LogP contribution in [0.4, 0.5) is 4.79 Å². The summed E-state index contributed by atoms with van der Waals surface area (Å²) < 4.78 is 0. The minimum atomic E-state index is -1.37. The molecule has 0 spiro atoms. The molecule has 4 atom stereocenters. The van der Waals surface area contributed by atoms with Gasteiger partial charge in [0.1, 0.15) is 12.1 Å². The number of urea groups is 1. The molecule has 1 heterocycles. The van der Waals surface area contributed by atoms with Gasteiger partial charge in [-0.25, -0.2) is 4.79 Å². The Bertz CT molecular complexity index is 855. The van der Waals surface area contributed by atoms with E-state index in [0.717, 1.165) is 24.2 Å². The normalized spacial score (nSPS) is 29.5. The molecule has 0 aromatic heterocycles. The summed E-state index contributed by atoms with van der Waals surface area (Å²) in [5.74, 6) is -0.651. The van der Waals surface area contributed by atoms with E-state index in [-0.39, 0.29) is 24.1 Å². The molecule has 2 fully saturated rings. The van der Waals surface area contributed by atoms with E-state index in [1.807, 2.05) is 0 Å². The number of hydrogen-bond donors (Lipinski definition) is 3. The average molecular weight is 400 g/mol. The van der Waals surface area contributed by atoms with Crippen LogP contribution < -0.4 is 16.4 Å². The van der Waals surface area contributed by atoms with Crippen LogP contribution in [0, 0.1) is 11.8 Å². The summed E-state index contributed by atoms with van der Waals surface area (Å²) in [5, 5.41) is 5.63. The van der Waals surface area contributed by atoms with E-state index in [0.29, 0.717) is 17.4 Å². The number of nitrogens with one attached hydrogen (secondary N) is 2. The Kier molecular flexibility index (Phi) is 5.64. The van der Waals surface area contributed by atoms with Crippen LogP contribution in [0.3, 0.4) is 0 Å². The van der Waals surface area contributed by atoms with E-state index in [2.05, 4.69) is 24.5 Å². The predicted molar refractivity (Wildman–Crippen MR) is 107 cm³/mol. The van der Waals surface area contributed by atoms with Crippen molar-refractivity contribution in [2.24, 2.45) is 17.6 Å². The van der Waals surface area contributed by atoms with Gasteiger partial charge in [-0.1, -0.05) is 38.8 Å². The lowest BCUT2D eigenvalue weighted by Gasteiger charge is -2.34. The van der Waals surface area contributed by atoms with Crippen LogP contribution in [0.5, 0.6) is 0 Å². The van der Waals surface area contributed by atoms with Crippen molar-refractivity contribution in [2.75, 3.05) is 6.54 Å². The summed E-state index contributed by atoms with van der Waals surface area (Å²) in [6, 6.07) is 5.66. The van der Waals surface area contributed by atoms with Gasteiger partial charge in [-0.05, 0) is 42.9 Å². The first kappa shape index (κ1) is 20.8. The lowest BCUT2D eigenvalue weighted by molar-refractivity contribution is -0.135. The van der Waals surface area contributed by atoms with Gasteiger partial charge in [-0.2, -0.15) is 0 Å². The number of imide groups is 1. The first-order valence-corrected chi connectivity index (χ1v) is 9.97. The fourth-order valence-corrected chi connectivity index (χ4v) is 4.20. The maximum Gasteiger partial charge on any atom is 0.325 e. The molecule has 0 bridgehead atoms. The Morgan fingerprint density at radius 2 is 2.00 bits per heavy atom. The quantitative estimate of drug-likeness (QED) is 0.648. The Balaban J connectivity index is 1.72. The molecule has 1 saturated carbocycles. The molecule has 1 saturated heterocycles. The van der Waals surface area contributed by atoms with Crippen molar-refractivity contribution in [1.82, 2.24) is 15.5 Å². The second-order valence-electron chi connectivity index (χ2n) is 8.33. The summed E-state index contributed by atoms with van der Waals surface area (Å²) in [5.41, 5.74) is 4.62. The highest BCUT2D eigenvalue weighted by Gasteiger charge is 2.49. The van der Waals surface area contributed by atoms with Gasteiger partial charge in [-0.3, -0.25) is 19.3 Å². The minimum Gasteiger partial charge on any atom is -0.366 e. The number of amides is 5. The summed E-state index contributed by atoms with van der Waals surface area (Å²) in [6.07, 6.45) is 3.09. The van der Waals surface area contributed by atoms with Crippen molar-refractivity contribution >= 4 is 23.8 Å². The van der Waals surface area contributed by atoms with Crippen molar-refractivity contribution in [3.05, 3.63) is 35.4 Å². The second-order valence-corrected chi connectivity index (χ2v) is 8.33. The zero-order valence-corrected chi connectivity index (χ0v) is 17.0. The predicted octanol–water partition coefficient (Wildman–Crippen LogP) is 1.49. The molecular formula is C21H28N4O4. The Morgan fingerprint density at radius 3 is 2.69 bits per heavy atom. The highest BCUT2D eigenvalue weighted by atomic mass is 16.2. The molecule has 8 heteroatoms. The fraction of sp³-hybridized carbons (Fsp3) is 0.524. The van der Waals surface area contributed by atoms with Crippen LogP contribution in [-0.2, 0) is 15.1 Å². The maximum atomic E-state index is 13.0. The number of hydrogen-bond acceptors (Lipinski definition) is 4. The standard InChI is InChI=1S/C21H28N4O4/c1-12-6-4-9-16(13(12)2)23-17(26)11-25-19(28)21(3,24-20(25)29)15-8-5-7-14(10-15)18(22)27/h5,7-8,10,12-13,16H,4,6,9,11H2,1-3H3,(H2,22,27)(H,23,26)(H,24,29). The molecule has 4 N–H and O–H groups in total. The van der Waals surface area contributed by atoms with Crippen LogP contribution in [0.2, 0.25) is 0 Å². The number of carbonyl (C=O) groups is 4. The molecule has 0 radical (unpaired) electrons. The van der Waals surface area contributed by atoms with Crippen LogP contribution in [-0.4, -0.2) is 41.2 Å². The lowest BCUT2D eigenvalue weighted by Crippen LogP contribution is -2.49. The third-order valence-corrected chi connectivity index (χ3v) is 6.35. The van der Waals surface area contributed by atoms with Crippen molar-refractivity contribution < 1.29 is 19.2 Å². The SMILES string of the molecule is CC1CCCC(NC(=O)CN2C(=O)NC(C)(c3cccc(C(N)=O)c3)C2=O)C1C. The van der Waals surface area contributed by atoms with Crippen LogP contribution in [0.1, 0.15) is 56.0 Å². The van der Waals surface area contributed by atoms with Gasteiger partial charge in [0.05, 0.1) is 0 Å². The summed E-state index contributed by atoms with van der Waals surface area (Å²) >= 11 is 0. The first-order chi connectivity index (χ1) is 13.6. The van der Waals surface area contributed by atoms with Gasteiger partial charge in [0.2, 0.25) is 11.8 Å². The summed E-state index contributed by atoms with van der Waals surface area (Å²) in [7, 11) is 0. The molecule has 1 aliphatic heterocycles. The molecular weight excluding hydrogens is 372 g/mol. The maximum absolute atomic E-state index is 13.0. The third kappa shape index (κ3) is 3.97. The van der Waals surface area contributed by atoms with Gasteiger partial charge >= 0.3 is 6.03 Å². The smallest absolute Gasteiger partial charge is 0.325 e. The number of carbonyl (C=O) groups excluding carboxylic acids is 4.